The molecule has 0 rings (SSSR count). The van der Waals surface area contributed by atoms with E-state index in [0.29, 0.717) is 0 Å². The van der Waals surface area contributed by atoms with Gasteiger partial charge in [-0.2, -0.15) is 0 Å². The van der Waals surface area contributed by atoms with E-state index in [4.69, 9.17) is 0 Å². The average molecular weight is 549 g/mol. The van der Waals surface area contributed by atoms with Gasteiger partial charge in [-0.3, -0.25) is 0 Å². The van der Waals surface area contributed by atoms with Crippen LogP contribution in [0.1, 0.15) is 240 Å². The third-order valence-corrected chi connectivity index (χ3v) is 9.49. The summed E-state index contributed by atoms with van der Waals surface area (Å²) in [6, 6.07) is 0. The molecule has 0 aliphatic rings. The standard InChI is InChI=1S/C39H80/c1-5-7-9-11-13-22-26-30-34-38(3)36-32-28-24-20-18-16-15-17-19-21-25-29-33-37-39(4)35-31-27-23-14-12-10-8-6-2/h38-39H,5-37H2,1-4H3. The molecule has 0 N–H and O–H groups in total. The Labute approximate surface area is 251 Å². The van der Waals surface area contributed by atoms with Gasteiger partial charge in [-0.15, -0.1) is 0 Å². The summed E-state index contributed by atoms with van der Waals surface area (Å²) < 4.78 is 0. The number of hydrogen-bond acceptors (Lipinski definition) is 0. The van der Waals surface area contributed by atoms with Crippen LogP contribution in [0, 0.1) is 11.8 Å². The van der Waals surface area contributed by atoms with Crippen molar-refractivity contribution < 1.29 is 0 Å². The fourth-order valence-electron chi connectivity index (χ4n) is 6.47. The Hall–Kier alpha value is 0. The van der Waals surface area contributed by atoms with Crippen molar-refractivity contribution in [3.63, 3.8) is 0 Å². The zero-order chi connectivity index (χ0) is 28.5. The van der Waals surface area contributed by atoms with Crippen LogP contribution in [-0.2, 0) is 0 Å². The predicted octanol–water partition coefficient (Wildman–Crippen LogP) is 15.2. The first-order valence-electron chi connectivity index (χ1n) is 19.2. The van der Waals surface area contributed by atoms with E-state index in [1.165, 1.54) is 212 Å². The number of hydrogen-bond donors (Lipinski definition) is 0. The molecule has 0 bridgehead atoms. The molecule has 0 heteroatoms. The summed E-state index contributed by atoms with van der Waals surface area (Å²) in [4.78, 5) is 0. The molecule has 0 fully saturated rings. The Kier molecular flexibility index (Phi) is 34.2. The van der Waals surface area contributed by atoms with Crippen LogP contribution in [0.5, 0.6) is 0 Å². The van der Waals surface area contributed by atoms with E-state index >= 15 is 0 Å². The molecular formula is C39H80. The normalized spacial score (nSPS) is 13.2. The van der Waals surface area contributed by atoms with Gasteiger partial charge in [0.05, 0.1) is 0 Å². The van der Waals surface area contributed by atoms with E-state index in [9.17, 15) is 0 Å². The molecule has 2 unspecified atom stereocenters. The average Bonchev–Trinajstić information content (AvgIpc) is 2.93. The predicted molar refractivity (Wildman–Crippen MR) is 182 cm³/mol. The first kappa shape index (κ1) is 39.0. The van der Waals surface area contributed by atoms with Crippen LogP contribution in [0.4, 0.5) is 0 Å². The summed E-state index contributed by atoms with van der Waals surface area (Å²) in [5.41, 5.74) is 0. The topological polar surface area (TPSA) is 0 Å². The fraction of sp³-hybridized carbons (Fsp3) is 1.00. The summed E-state index contributed by atoms with van der Waals surface area (Å²) in [5.74, 6) is 1.93. The summed E-state index contributed by atoms with van der Waals surface area (Å²) >= 11 is 0. The minimum absolute atomic E-state index is 0.966. The highest BCUT2D eigenvalue weighted by atomic mass is 14.1. The lowest BCUT2D eigenvalue weighted by Crippen LogP contribution is -1.95. The molecule has 2 atom stereocenters. The maximum atomic E-state index is 2.50. The molecule has 39 heavy (non-hydrogen) atoms. The Morgan fingerprint density at radius 2 is 0.385 bits per heavy atom. The molecule has 0 nitrogen and oxygen atoms in total. The van der Waals surface area contributed by atoms with E-state index in [2.05, 4.69) is 27.7 Å². The van der Waals surface area contributed by atoms with Crippen molar-refractivity contribution >= 4 is 0 Å². The highest BCUT2D eigenvalue weighted by molar-refractivity contribution is 4.58. The van der Waals surface area contributed by atoms with Gasteiger partial charge in [-0.1, -0.05) is 240 Å². The van der Waals surface area contributed by atoms with Gasteiger partial charge in [-0.05, 0) is 11.8 Å². The van der Waals surface area contributed by atoms with Gasteiger partial charge in [0, 0.05) is 0 Å². The molecule has 0 radical (unpaired) electrons. The van der Waals surface area contributed by atoms with Crippen LogP contribution in [0.15, 0.2) is 0 Å². The van der Waals surface area contributed by atoms with Crippen molar-refractivity contribution in [3.8, 4) is 0 Å². The van der Waals surface area contributed by atoms with Gasteiger partial charge in [0.1, 0.15) is 0 Å². The Balaban J connectivity index is 3.19. The van der Waals surface area contributed by atoms with Crippen molar-refractivity contribution in [2.24, 2.45) is 11.8 Å². The molecule has 236 valence electrons. The maximum absolute atomic E-state index is 2.50. The van der Waals surface area contributed by atoms with E-state index in [-0.39, 0.29) is 0 Å². The van der Waals surface area contributed by atoms with Crippen molar-refractivity contribution in [2.75, 3.05) is 0 Å². The molecule has 0 saturated heterocycles. The second-order valence-corrected chi connectivity index (χ2v) is 13.9. The number of rotatable bonds is 34. The third-order valence-electron chi connectivity index (χ3n) is 9.49. The SMILES string of the molecule is CCCCCCCCCCC(C)CCCCCCCCCCCCCCCC(C)CCCCCCCCCC. The van der Waals surface area contributed by atoms with E-state index in [1.54, 1.807) is 0 Å². The third kappa shape index (κ3) is 34.1. The van der Waals surface area contributed by atoms with Gasteiger partial charge < -0.3 is 0 Å². The van der Waals surface area contributed by atoms with E-state index in [0.717, 1.165) is 11.8 Å². The molecular weight excluding hydrogens is 468 g/mol. The summed E-state index contributed by atoms with van der Waals surface area (Å²) in [6.45, 7) is 9.62. The molecule has 0 aliphatic carbocycles. The Bertz CT molecular complexity index is 374. The minimum atomic E-state index is 0.966. The van der Waals surface area contributed by atoms with Gasteiger partial charge >= 0.3 is 0 Å². The Morgan fingerprint density at radius 3 is 0.564 bits per heavy atom. The van der Waals surface area contributed by atoms with Crippen LogP contribution in [0.25, 0.3) is 0 Å². The van der Waals surface area contributed by atoms with E-state index < -0.39 is 0 Å². The monoisotopic (exact) mass is 549 g/mol. The first-order chi connectivity index (χ1) is 19.2. The van der Waals surface area contributed by atoms with Crippen LogP contribution < -0.4 is 0 Å². The quantitative estimate of drug-likeness (QED) is 0.0701. The fourth-order valence-corrected chi connectivity index (χ4v) is 6.47. The summed E-state index contributed by atoms with van der Waals surface area (Å²) in [5, 5.41) is 0. The van der Waals surface area contributed by atoms with Gasteiger partial charge in [0.25, 0.3) is 0 Å². The molecule has 0 aromatic rings. The van der Waals surface area contributed by atoms with Gasteiger partial charge in [0.15, 0.2) is 0 Å². The van der Waals surface area contributed by atoms with Crippen molar-refractivity contribution in [1.29, 1.82) is 0 Å². The molecule has 0 saturated carbocycles. The second-order valence-electron chi connectivity index (χ2n) is 13.9. The van der Waals surface area contributed by atoms with E-state index in [1.807, 2.05) is 0 Å². The Morgan fingerprint density at radius 1 is 0.231 bits per heavy atom. The van der Waals surface area contributed by atoms with Gasteiger partial charge in [0.2, 0.25) is 0 Å². The molecule has 0 amide bonds. The lowest BCUT2D eigenvalue weighted by molar-refractivity contribution is 0.428. The van der Waals surface area contributed by atoms with Crippen molar-refractivity contribution in [3.05, 3.63) is 0 Å². The molecule has 0 aliphatic heterocycles. The largest absolute Gasteiger partial charge is 0.0654 e. The zero-order valence-electron chi connectivity index (χ0n) is 28.5. The van der Waals surface area contributed by atoms with Crippen molar-refractivity contribution in [2.45, 2.75) is 240 Å². The molecule has 0 aromatic heterocycles. The second kappa shape index (κ2) is 34.2. The van der Waals surface area contributed by atoms with Crippen LogP contribution in [-0.4, -0.2) is 0 Å². The smallest absolute Gasteiger partial charge is 0.0443 e. The summed E-state index contributed by atoms with van der Waals surface area (Å²) in [6.07, 6.45) is 48.6. The molecule has 0 spiro atoms. The maximum Gasteiger partial charge on any atom is -0.0443 e. The zero-order valence-corrected chi connectivity index (χ0v) is 28.5. The van der Waals surface area contributed by atoms with Crippen molar-refractivity contribution in [1.82, 2.24) is 0 Å². The first-order valence-corrected chi connectivity index (χ1v) is 19.2. The number of unbranched alkanes of at least 4 members (excludes halogenated alkanes) is 26. The van der Waals surface area contributed by atoms with Crippen LogP contribution in [0.3, 0.4) is 0 Å². The molecule has 0 aromatic carbocycles. The lowest BCUT2D eigenvalue weighted by atomic mass is 9.95. The van der Waals surface area contributed by atoms with Gasteiger partial charge in [-0.25, -0.2) is 0 Å². The summed E-state index contributed by atoms with van der Waals surface area (Å²) in [7, 11) is 0. The molecule has 0 heterocycles. The highest BCUT2D eigenvalue weighted by Crippen LogP contribution is 2.21. The highest BCUT2D eigenvalue weighted by Gasteiger charge is 2.04. The van der Waals surface area contributed by atoms with Crippen LogP contribution >= 0.6 is 0 Å². The van der Waals surface area contributed by atoms with Crippen LogP contribution in [0.2, 0.25) is 0 Å². The lowest BCUT2D eigenvalue weighted by Gasteiger charge is -2.11. The minimum Gasteiger partial charge on any atom is -0.0654 e.